The van der Waals surface area contributed by atoms with Crippen molar-refractivity contribution in [2.24, 2.45) is 5.92 Å². The Morgan fingerprint density at radius 3 is 2.80 bits per heavy atom. The van der Waals surface area contributed by atoms with E-state index in [0.29, 0.717) is 12.8 Å². The molecule has 1 aliphatic rings. The van der Waals surface area contributed by atoms with Gasteiger partial charge >= 0.3 is 12.0 Å². The van der Waals surface area contributed by atoms with Crippen LogP contribution in [0, 0.1) is 5.92 Å². The standard InChI is InChI=1S/C15H20N2O3/c1-2-10-4-3-5-12(8-10)16-15(20)17-13-7-6-11(9-13)14(18)19/h3-5,8,11,13H,2,6-7,9H2,1H3,(H,18,19)(H2,16,17,20)/t11-,13+/m1/s1. The van der Waals surface area contributed by atoms with Crippen molar-refractivity contribution < 1.29 is 14.7 Å². The Balaban J connectivity index is 1.85. The van der Waals surface area contributed by atoms with Crippen molar-refractivity contribution in [3.05, 3.63) is 29.8 Å². The van der Waals surface area contributed by atoms with Crippen molar-refractivity contribution in [2.45, 2.75) is 38.6 Å². The monoisotopic (exact) mass is 276 g/mol. The highest BCUT2D eigenvalue weighted by Gasteiger charge is 2.30. The number of carboxylic acids is 1. The van der Waals surface area contributed by atoms with Gasteiger partial charge in [0.2, 0.25) is 0 Å². The van der Waals surface area contributed by atoms with E-state index < -0.39 is 5.97 Å². The molecule has 5 nitrogen and oxygen atoms in total. The van der Waals surface area contributed by atoms with Crippen LogP contribution in [0.4, 0.5) is 10.5 Å². The van der Waals surface area contributed by atoms with Crippen LogP contribution in [0.1, 0.15) is 31.7 Å². The fourth-order valence-electron chi connectivity index (χ4n) is 2.56. The van der Waals surface area contributed by atoms with Gasteiger partial charge in [-0.2, -0.15) is 0 Å². The Labute approximate surface area is 118 Å². The lowest BCUT2D eigenvalue weighted by Gasteiger charge is -2.13. The van der Waals surface area contributed by atoms with Gasteiger partial charge in [0.1, 0.15) is 0 Å². The van der Waals surface area contributed by atoms with Crippen LogP contribution < -0.4 is 10.6 Å². The second kappa shape index (κ2) is 6.41. The molecule has 2 atom stereocenters. The largest absolute Gasteiger partial charge is 0.481 e. The summed E-state index contributed by atoms with van der Waals surface area (Å²) in [5.41, 5.74) is 1.92. The SMILES string of the molecule is CCc1cccc(NC(=O)N[C@H]2CC[C@@H](C(=O)O)C2)c1. The number of anilines is 1. The van der Waals surface area contributed by atoms with E-state index >= 15 is 0 Å². The molecule has 0 heterocycles. The van der Waals surface area contributed by atoms with Gasteiger partial charge in [0.25, 0.3) is 0 Å². The van der Waals surface area contributed by atoms with Gasteiger partial charge in [0.05, 0.1) is 5.92 Å². The third kappa shape index (κ3) is 3.73. The molecule has 1 aromatic carbocycles. The van der Waals surface area contributed by atoms with Gasteiger partial charge in [-0.15, -0.1) is 0 Å². The summed E-state index contributed by atoms with van der Waals surface area (Å²) < 4.78 is 0. The van der Waals surface area contributed by atoms with E-state index in [0.717, 1.165) is 24.1 Å². The number of aryl methyl sites for hydroxylation is 1. The van der Waals surface area contributed by atoms with Crippen molar-refractivity contribution in [3.8, 4) is 0 Å². The highest BCUT2D eigenvalue weighted by Crippen LogP contribution is 2.25. The quantitative estimate of drug-likeness (QED) is 0.791. The Morgan fingerprint density at radius 1 is 1.35 bits per heavy atom. The number of nitrogens with one attached hydrogen (secondary N) is 2. The molecule has 1 aromatic rings. The van der Waals surface area contributed by atoms with Gasteiger partial charge < -0.3 is 15.7 Å². The lowest BCUT2D eigenvalue weighted by Crippen LogP contribution is -2.36. The van der Waals surface area contributed by atoms with Crippen LogP contribution in [0.2, 0.25) is 0 Å². The van der Waals surface area contributed by atoms with E-state index in [4.69, 9.17) is 5.11 Å². The summed E-state index contributed by atoms with van der Waals surface area (Å²) in [5.74, 6) is -1.10. The molecule has 0 spiro atoms. The van der Waals surface area contributed by atoms with Crippen LogP contribution in [0.15, 0.2) is 24.3 Å². The summed E-state index contributed by atoms with van der Waals surface area (Å²) in [6, 6.07) is 7.38. The van der Waals surface area contributed by atoms with Crippen LogP contribution in [-0.2, 0) is 11.2 Å². The molecule has 0 radical (unpaired) electrons. The number of urea groups is 1. The lowest BCUT2D eigenvalue weighted by atomic mass is 10.1. The first-order valence-corrected chi connectivity index (χ1v) is 6.97. The Hall–Kier alpha value is -2.04. The molecule has 1 saturated carbocycles. The first kappa shape index (κ1) is 14.4. The normalized spacial score (nSPS) is 21.4. The van der Waals surface area contributed by atoms with Gasteiger partial charge in [-0.25, -0.2) is 4.79 Å². The van der Waals surface area contributed by atoms with Crippen molar-refractivity contribution >= 4 is 17.7 Å². The Kier molecular flexibility index (Phi) is 4.61. The molecule has 2 rings (SSSR count). The topological polar surface area (TPSA) is 78.4 Å². The van der Waals surface area contributed by atoms with Crippen molar-refractivity contribution in [1.29, 1.82) is 0 Å². The minimum Gasteiger partial charge on any atom is -0.481 e. The minimum absolute atomic E-state index is 0.0505. The smallest absolute Gasteiger partial charge is 0.319 e. The molecular formula is C15H20N2O3. The van der Waals surface area contributed by atoms with Crippen molar-refractivity contribution in [1.82, 2.24) is 5.32 Å². The number of benzene rings is 1. The van der Waals surface area contributed by atoms with Gasteiger partial charge in [0.15, 0.2) is 0 Å². The number of carboxylic acid groups (broad SMARTS) is 1. The third-order valence-electron chi connectivity index (χ3n) is 3.71. The zero-order chi connectivity index (χ0) is 14.5. The summed E-state index contributed by atoms with van der Waals surface area (Å²) in [5, 5.41) is 14.6. The molecule has 0 aromatic heterocycles. The molecule has 108 valence electrons. The van der Waals surface area contributed by atoms with E-state index in [1.165, 1.54) is 0 Å². The molecule has 0 aliphatic heterocycles. The van der Waals surface area contributed by atoms with Crippen LogP contribution in [0.3, 0.4) is 0 Å². The highest BCUT2D eigenvalue weighted by molar-refractivity contribution is 5.89. The summed E-state index contributed by atoms with van der Waals surface area (Å²) in [6.45, 7) is 2.06. The van der Waals surface area contributed by atoms with Crippen LogP contribution >= 0.6 is 0 Å². The summed E-state index contributed by atoms with van der Waals surface area (Å²) in [4.78, 5) is 22.7. The second-order valence-corrected chi connectivity index (χ2v) is 5.20. The average Bonchev–Trinajstić information content (AvgIpc) is 2.87. The first-order valence-electron chi connectivity index (χ1n) is 6.97. The van der Waals surface area contributed by atoms with Gasteiger partial charge in [0, 0.05) is 11.7 Å². The number of hydrogen-bond acceptors (Lipinski definition) is 2. The maximum atomic E-state index is 11.9. The number of aliphatic carboxylic acids is 1. The van der Waals surface area contributed by atoms with Crippen LogP contribution in [-0.4, -0.2) is 23.1 Å². The number of rotatable bonds is 4. The summed E-state index contributed by atoms with van der Waals surface area (Å²) in [7, 11) is 0. The van der Waals surface area contributed by atoms with Crippen molar-refractivity contribution in [3.63, 3.8) is 0 Å². The molecule has 20 heavy (non-hydrogen) atoms. The van der Waals surface area contributed by atoms with E-state index in [9.17, 15) is 9.59 Å². The number of carbonyl (C=O) groups excluding carboxylic acids is 1. The molecule has 0 saturated heterocycles. The fraction of sp³-hybridized carbons (Fsp3) is 0.467. The number of amides is 2. The first-order chi connectivity index (χ1) is 9.58. The maximum Gasteiger partial charge on any atom is 0.319 e. The predicted octanol–water partition coefficient (Wildman–Crippen LogP) is 2.62. The molecule has 3 N–H and O–H groups in total. The molecule has 0 bridgehead atoms. The fourth-order valence-corrected chi connectivity index (χ4v) is 2.56. The molecular weight excluding hydrogens is 256 g/mol. The summed E-state index contributed by atoms with van der Waals surface area (Å²) >= 11 is 0. The molecule has 2 amide bonds. The van der Waals surface area contributed by atoms with Crippen LogP contribution in [0.5, 0.6) is 0 Å². The van der Waals surface area contributed by atoms with Gasteiger partial charge in [-0.3, -0.25) is 4.79 Å². The highest BCUT2D eigenvalue weighted by atomic mass is 16.4. The lowest BCUT2D eigenvalue weighted by molar-refractivity contribution is -0.141. The van der Waals surface area contributed by atoms with Gasteiger partial charge in [-0.1, -0.05) is 19.1 Å². The third-order valence-corrected chi connectivity index (χ3v) is 3.71. The second-order valence-electron chi connectivity index (χ2n) is 5.20. The number of hydrogen-bond donors (Lipinski definition) is 3. The van der Waals surface area contributed by atoms with Crippen LogP contribution in [0.25, 0.3) is 0 Å². The minimum atomic E-state index is -0.773. The van der Waals surface area contributed by atoms with E-state index in [1.54, 1.807) is 0 Å². The maximum absolute atomic E-state index is 11.9. The van der Waals surface area contributed by atoms with E-state index in [2.05, 4.69) is 17.6 Å². The molecule has 0 unspecified atom stereocenters. The van der Waals surface area contributed by atoms with E-state index in [1.807, 2.05) is 24.3 Å². The average molecular weight is 276 g/mol. The molecule has 1 aliphatic carbocycles. The predicted molar refractivity (Wildman–Crippen MR) is 76.7 cm³/mol. The van der Waals surface area contributed by atoms with Gasteiger partial charge in [-0.05, 0) is 43.4 Å². The Morgan fingerprint density at radius 2 is 2.15 bits per heavy atom. The zero-order valence-corrected chi connectivity index (χ0v) is 11.6. The summed E-state index contributed by atoms with van der Waals surface area (Å²) in [6.07, 6.45) is 2.78. The molecule has 5 heteroatoms. The Bertz CT molecular complexity index is 502. The number of carbonyl (C=O) groups is 2. The van der Waals surface area contributed by atoms with Crippen molar-refractivity contribution in [2.75, 3.05) is 5.32 Å². The zero-order valence-electron chi connectivity index (χ0n) is 11.6. The molecule has 1 fully saturated rings. The van der Waals surface area contributed by atoms with E-state index in [-0.39, 0.29) is 18.0 Å².